The Morgan fingerprint density at radius 3 is 2.23 bits per heavy atom. The van der Waals surface area contributed by atoms with Gasteiger partial charge in [-0.05, 0) is 37.1 Å². The highest BCUT2D eigenvalue weighted by atomic mass is 15.2. The van der Waals surface area contributed by atoms with Crippen molar-refractivity contribution in [3.8, 4) is 0 Å². The number of nitrogens with two attached hydrogens (primary N) is 1. The molecule has 2 saturated carbocycles. The van der Waals surface area contributed by atoms with Crippen molar-refractivity contribution in [3.05, 3.63) is 0 Å². The first kappa shape index (κ1) is 8.25. The van der Waals surface area contributed by atoms with E-state index in [1.54, 1.807) is 0 Å². The molecule has 2 N–H and O–H groups in total. The summed E-state index contributed by atoms with van der Waals surface area (Å²) < 4.78 is 0. The van der Waals surface area contributed by atoms with E-state index in [0.29, 0.717) is 0 Å². The molecule has 0 aromatic rings. The smallest absolute Gasteiger partial charge is 0.00954 e. The maximum atomic E-state index is 5.70. The van der Waals surface area contributed by atoms with Gasteiger partial charge in [-0.1, -0.05) is 12.8 Å². The lowest BCUT2D eigenvalue weighted by atomic mass is 10.2. The molecule has 2 nitrogen and oxygen atoms in total. The molecule has 1 heterocycles. The molecule has 0 amide bonds. The summed E-state index contributed by atoms with van der Waals surface area (Å²) in [6.45, 7) is 3.68. The molecule has 2 heteroatoms. The normalized spacial score (nSPS) is 45.5. The topological polar surface area (TPSA) is 29.3 Å². The third kappa shape index (κ3) is 1.23. The summed E-state index contributed by atoms with van der Waals surface area (Å²) in [5.41, 5.74) is 5.70. The van der Waals surface area contributed by atoms with Gasteiger partial charge in [-0.3, -0.25) is 4.90 Å². The first-order chi connectivity index (χ1) is 6.40. The lowest BCUT2D eigenvalue weighted by Crippen LogP contribution is -2.34. The Bertz CT molecular complexity index is 186. The molecule has 0 radical (unpaired) electrons. The average molecular weight is 180 g/mol. The monoisotopic (exact) mass is 180 g/mol. The zero-order valence-corrected chi connectivity index (χ0v) is 8.28. The van der Waals surface area contributed by atoms with E-state index in [0.717, 1.165) is 30.3 Å². The highest BCUT2D eigenvalue weighted by Crippen LogP contribution is 2.52. The van der Waals surface area contributed by atoms with Gasteiger partial charge >= 0.3 is 0 Å². The highest BCUT2D eigenvalue weighted by molar-refractivity contribution is 5.06. The van der Waals surface area contributed by atoms with Crippen molar-refractivity contribution in [2.24, 2.45) is 23.5 Å². The van der Waals surface area contributed by atoms with Gasteiger partial charge in [-0.15, -0.1) is 0 Å². The van der Waals surface area contributed by atoms with Crippen LogP contribution in [0.1, 0.15) is 25.7 Å². The fraction of sp³-hybridized carbons (Fsp3) is 1.00. The van der Waals surface area contributed by atoms with E-state index in [1.165, 1.54) is 38.8 Å². The standard InChI is InChI=1S/C11H20N2/c12-5-9-10-6-13(7-11(9)10)8-3-1-2-4-8/h8-11H,1-7,12H2. The Morgan fingerprint density at radius 2 is 1.69 bits per heavy atom. The molecule has 2 aliphatic carbocycles. The second kappa shape index (κ2) is 2.96. The van der Waals surface area contributed by atoms with Crippen molar-refractivity contribution in [1.82, 2.24) is 4.90 Å². The maximum Gasteiger partial charge on any atom is 0.00954 e. The molecule has 0 bridgehead atoms. The van der Waals surface area contributed by atoms with Gasteiger partial charge in [-0.25, -0.2) is 0 Å². The fourth-order valence-electron chi connectivity index (χ4n) is 3.60. The Balaban J connectivity index is 1.55. The first-order valence-corrected chi connectivity index (χ1v) is 5.84. The molecule has 0 aromatic carbocycles. The van der Waals surface area contributed by atoms with Crippen LogP contribution in [0.2, 0.25) is 0 Å². The van der Waals surface area contributed by atoms with Crippen LogP contribution in [0.5, 0.6) is 0 Å². The predicted octanol–water partition coefficient (Wildman–Crippen LogP) is 1.07. The van der Waals surface area contributed by atoms with Crippen LogP contribution in [0.4, 0.5) is 0 Å². The molecular formula is C11H20N2. The molecule has 3 fully saturated rings. The SMILES string of the molecule is NCC1C2CN(C3CCCC3)CC12. The average Bonchev–Trinajstić information content (AvgIpc) is 2.68. The van der Waals surface area contributed by atoms with E-state index in [4.69, 9.17) is 5.73 Å². The third-order valence-corrected chi connectivity index (χ3v) is 4.51. The van der Waals surface area contributed by atoms with Gasteiger partial charge in [0, 0.05) is 19.1 Å². The zero-order valence-electron chi connectivity index (χ0n) is 8.28. The first-order valence-electron chi connectivity index (χ1n) is 5.84. The zero-order chi connectivity index (χ0) is 8.84. The third-order valence-electron chi connectivity index (χ3n) is 4.51. The van der Waals surface area contributed by atoms with Crippen LogP contribution in [0.15, 0.2) is 0 Å². The van der Waals surface area contributed by atoms with E-state index >= 15 is 0 Å². The number of fused-ring (bicyclic) bond motifs is 1. The van der Waals surface area contributed by atoms with Gasteiger partial charge < -0.3 is 5.73 Å². The van der Waals surface area contributed by atoms with Crippen molar-refractivity contribution in [2.75, 3.05) is 19.6 Å². The van der Waals surface area contributed by atoms with Gasteiger partial charge in [0.2, 0.25) is 0 Å². The van der Waals surface area contributed by atoms with Crippen LogP contribution in [-0.2, 0) is 0 Å². The summed E-state index contributed by atoms with van der Waals surface area (Å²) in [6, 6.07) is 0.950. The van der Waals surface area contributed by atoms with E-state index in [2.05, 4.69) is 4.90 Å². The molecule has 3 aliphatic rings. The minimum Gasteiger partial charge on any atom is -0.330 e. The van der Waals surface area contributed by atoms with Crippen molar-refractivity contribution in [3.63, 3.8) is 0 Å². The molecule has 1 saturated heterocycles. The van der Waals surface area contributed by atoms with E-state index < -0.39 is 0 Å². The molecule has 0 aromatic heterocycles. The van der Waals surface area contributed by atoms with Crippen molar-refractivity contribution in [2.45, 2.75) is 31.7 Å². The van der Waals surface area contributed by atoms with E-state index in [-0.39, 0.29) is 0 Å². The van der Waals surface area contributed by atoms with E-state index in [9.17, 15) is 0 Å². The van der Waals surface area contributed by atoms with Gasteiger partial charge in [0.05, 0.1) is 0 Å². The molecule has 74 valence electrons. The van der Waals surface area contributed by atoms with Gasteiger partial charge in [0.15, 0.2) is 0 Å². The van der Waals surface area contributed by atoms with Crippen molar-refractivity contribution >= 4 is 0 Å². The van der Waals surface area contributed by atoms with E-state index in [1.807, 2.05) is 0 Å². The Kier molecular flexibility index (Phi) is 1.88. The predicted molar refractivity (Wildman–Crippen MR) is 53.4 cm³/mol. The van der Waals surface area contributed by atoms with Crippen LogP contribution in [0.25, 0.3) is 0 Å². The number of hydrogen-bond donors (Lipinski definition) is 1. The Hall–Kier alpha value is -0.0800. The second-order valence-electron chi connectivity index (χ2n) is 5.12. The summed E-state index contributed by atoms with van der Waals surface area (Å²) in [7, 11) is 0. The minimum atomic E-state index is 0.901. The lowest BCUT2D eigenvalue weighted by Gasteiger charge is -2.25. The molecule has 3 rings (SSSR count). The lowest BCUT2D eigenvalue weighted by molar-refractivity contribution is 0.210. The van der Waals surface area contributed by atoms with Crippen molar-refractivity contribution < 1.29 is 0 Å². The van der Waals surface area contributed by atoms with Crippen molar-refractivity contribution in [1.29, 1.82) is 0 Å². The van der Waals surface area contributed by atoms with Gasteiger partial charge in [0.1, 0.15) is 0 Å². The molecule has 2 unspecified atom stereocenters. The van der Waals surface area contributed by atoms with Gasteiger partial charge in [-0.2, -0.15) is 0 Å². The van der Waals surface area contributed by atoms with Crippen LogP contribution < -0.4 is 5.73 Å². The van der Waals surface area contributed by atoms with Crippen LogP contribution in [0.3, 0.4) is 0 Å². The maximum absolute atomic E-state index is 5.70. The number of rotatable bonds is 2. The summed E-state index contributed by atoms with van der Waals surface area (Å²) in [5, 5.41) is 0. The Morgan fingerprint density at radius 1 is 1.08 bits per heavy atom. The number of likely N-dealkylation sites (tertiary alicyclic amines) is 1. The van der Waals surface area contributed by atoms with Gasteiger partial charge in [0.25, 0.3) is 0 Å². The quantitative estimate of drug-likeness (QED) is 0.688. The molecule has 2 atom stereocenters. The van der Waals surface area contributed by atoms with Crippen LogP contribution in [-0.4, -0.2) is 30.6 Å². The minimum absolute atomic E-state index is 0.901. The molecule has 0 spiro atoms. The highest BCUT2D eigenvalue weighted by Gasteiger charge is 2.55. The number of nitrogens with zero attached hydrogens (tertiary/aromatic N) is 1. The molecular weight excluding hydrogens is 160 g/mol. The summed E-state index contributed by atoms with van der Waals surface area (Å²) in [5.74, 6) is 2.88. The number of piperidine rings is 1. The summed E-state index contributed by atoms with van der Waals surface area (Å²) in [6.07, 6.45) is 5.87. The Labute approximate surface area is 80.5 Å². The molecule has 13 heavy (non-hydrogen) atoms. The van der Waals surface area contributed by atoms with Crippen LogP contribution >= 0.6 is 0 Å². The largest absolute Gasteiger partial charge is 0.330 e. The fourth-order valence-corrected chi connectivity index (χ4v) is 3.60. The summed E-state index contributed by atoms with van der Waals surface area (Å²) >= 11 is 0. The van der Waals surface area contributed by atoms with Crippen LogP contribution in [0, 0.1) is 17.8 Å². The second-order valence-corrected chi connectivity index (χ2v) is 5.12. The number of hydrogen-bond acceptors (Lipinski definition) is 2. The summed E-state index contributed by atoms with van der Waals surface area (Å²) in [4.78, 5) is 2.74. The molecule has 1 aliphatic heterocycles.